The van der Waals surface area contributed by atoms with Crippen LogP contribution in [0.4, 0.5) is 0 Å². The molecule has 0 saturated heterocycles. The van der Waals surface area contributed by atoms with Gasteiger partial charge < -0.3 is 19.5 Å². The predicted octanol–water partition coefficient (Wildman–Crippen LogP) is 5.49. The van der Waals surface area contributed by atoms with E-state index < -0.39 is 0 Å². The molecule has 2 aromatic rings. The fourth-order valence-electron chi connectivity index (χ4n) is 2.51. The molecule has 0 spiro atoms. The molecule has 2 aromatic carbocycles. The van der Waals surface area contributed by atoms with E-state index in [0.717, 1.165) is 37.2 Å². The minimum atomic E-state index is 0.280. The zero-order valence-corrected chi connectivity index (χ0v) is 17.6. The molecule has 0 aliphatic heterocycles. The maximum atomic E-state index is 6.19. The third-order valence-electron chi connectivity index (χ3n) is 3.94. The summed E-state index contributed by atoms with van der Waals surface area (Å²) in [6.07, 6.45) is 1.26. The normalized spacial score (nSPS) is 11.0. The molecule has 6 heteroatoms. The van der Waals surface area contributed by atoms with Crippen LogP contribution in [0.25, 0.3) is 0 Å². The molecule has 0 saturated carbocycles. The summed E-state index contributed by atoms with van der Waals surface area (Å²) in [6, 6.07) is 11.3. The van der Waals surface area contributed by atoms with Crippen molar-refractivity contribution in [1.29, 1.82) is 0 Å². The van der Waals surface area contributed by atoms with Crippen molar-refractivity contribution in [2.24, 2.45) is 0 Å². The Kier molecular flexibility index (Phi) is 9.22. The first kappa shape index (κ1) is 21.8. The van der Waals surface area contributed by atoms with Crippen molar-refractivity contribution in [3.8, 4) is 11.5 Å². The minimum Gasteiger partial charge on any atom is -0.493 e. The fourth-order valence-corrected chi connectivity index (χ4v) is 3.02. The third kappa shape index (κ3) is 7.23. The van der Waals surface area contributed by atoms with Crippen molar-refractivity contribution in [2.45, 2.75) is 39.5 Å². The Hall–Kier alpha value is -1.46. The van der Waals surface area contributed by atoms with E-state index in [-0.39, 0.29) is 12.7 Å². The van der Waals surface area contributed by atoms with Gasteiger partial charge in [-0.2, -0.15) is 0 Å². The standard InChI is InChI=1S/C21H27Cl2NO3/c1-15(2)26-11-5-10-24-13-16-8-9-20(21(12-16)25-3)27-14-17-18(22)6-4-7-19(17)23/h4,6-9,12,15,24H,5,10-11,13-14H2,1-3H3. The molecule has 1 N–H and O–H groups in total. The lowest BCUT2D eigenvalue weighted by Gasteiger charge is -2.14. The van der Waals surface area contributed by atoms with Gasteiger partial charge in [-0.25, -0.2) is 0 Å². The van der Waals surface area contributed by atoms with Gasteiger partial charge in [0.15, 0.2) is 11.5 Å². The zero-order chi connectivity index (χ0) is 19.6. The molecular formula is C21H27Cl2NO3. The Labute approximate surface area is 171 Å². The third-order valence-corrected chi connectivity index (χ3v) is 4.65. The molecule has 0 aromatic heterocycles. The summed E-state index contributed by atoms with van der Waals surface area (Å²) in [5.41, 5.74) is 1.89. The van der Waals surface area contributed by atoms with E-state index in [1.54, 1.807) is 19.2 Å². The van der Waals surface area contributed by atoms with Gasteiger partial charge in [0.05, 0.1) is 13.2 Å². The second-order valence-electron chi connectivity index (χ2n) is 6.42. The van der Waals surface area contributed by atoms with Crippen LogP contribution >= 0.6 is 23.2 Å². The van der Waals surface area contributed by atoms with Crippen LogP contribution in [0.2, 0.25) is 10.0 Å². The van der Waals surface area contributed by atoms with Gasteiger partial charge in [-0.1, -0.05) is 35.3 Å². The number of methoxy groups -OCH3 is 1. The molecule has 0 bridgehead atoms. The monoisotopic (exact) mass is 411 g/mol. The van der Waals surface area contributed by atoms with Gasteiger partial charge in [-0.15, -0.1) is 0 Å². The molecule has 0 aliphatic carbocycles. The summed E-state index contributed by atoms with van der Waals surface area (Å²) >= 11 is 12.4. The van der Waals surface area contributed by atoms with Crippen LogP contribution in [-0.4, -0.2) is 26.4 Å². The molecule has 2 rings (SSSR count). The van der Waals surface area contributed by atoms with Crippen LogP contribution in [-0.2, 0) is 17.9 Å². The van der Waals surface area contributed by atoms with E-state index >= 15 is 0 Å². The maximum absolute atomic E-state index is 6.19. The van der Waals surface area contributed by atoms with Crippen molar-refractivity contribution in [3.05, 3.63) is 57.6 Å². The zero-order valence-electron chi connectivity index (χ0n) is 16.1. The van der Waals surface area contributed by atoms with Crippen LogP contribution in [0.3, 0.4) is 0 Å². The summed E-state index contributed by atoms with van der Waals surface area (Å²) in [5, 5.41) is 4.58. The van der Waals surface area contributed by atoms with Gasteiger partial charge in [-0.05, 0) is 56.6 Å². The first-order valence-corrected chi connectivity index (χ1v) is 9.81. The molecule has 0 fully saturated rings. The number of halogens is 2. The van der Waals surface area contributed by atoms with Crippen molar-refractivity contribution in [1.82, 2.24) is 5.32 Å². The Bertz CT molecular complexity index is 702. The van der Waals surface area contributed by atoms with Crippen LogP contribution in [0, 0.1) is 0 Å². The highest BCUT2D eigenvalue weighted by Gasteiger charge is 2.10. The molecule has 0 radical (unpaired) electrons. The highest BCUT2D eigenvalue weighted by Crippen LogP contribution is 2.31. The lowest BCUT2D eigenvalue weighted by atomic mass is 10.2. The lowest BCUT2D eigenvalue weighted by Crippen LogP contribution is -2.17. The summed E-state index contributed by atoms with van der Waals surface area (Å²) in [6.45, 7) is 6.80. The second-order valence-corrected chi connectivity index (χ2v) is 7.24. The summed E-state index contributed by atoms with van der Waals surface area (Å²) in [7, 11) is 1.63. The molecule has 4 nitrogen and oxygen atoms in total. The van der Waals surface area contributed by atoms with Crippen LogP contribution in [0.1, 0.15) is 31.4 Å². The quantitative estimate of drug-likeness (QED) is 0.496. The largest absolute Gasteiger partial charge is 0.493 e. The Morgan fingerprint density at radius 3 is 2.44 bits per heavy atom. The van der Waals surface area contributed by atoms with Crippen molar-refractivity contribution >= 4 is 23.2 Å². The Morgan fingerprint density at radius 2 is 1.78 bits per heavy atom. The van der Waals surface area contributed by atoms with Crippen LogP contribution in [0.5, 0.6) is 11.5 Å². The first-order chi connectivity index (χ1) is 13.0. The van der Waals surface area contributed by atoms with Gasteiger partial charge in [-0.3, -0.25) is 0 Å². The van der Waals surface area contributed by atoms with E-state index in [1.807, 2.05) is 38.1 Å². The minimum absolute atomic E-state index is 0.280. The molecule has 0 unspecified atom stereocenters. The highest BCUT2D eigenvalue weighted by molar-refractivity contribution is 6.35. The molecule has 0 aliphatic rings. The average Bonchev–Trinajstić information content (AvgIpc) is 2.64. The smallest absolute Gasteiger partial charge is 0.161 e. The van der Waals surface area contributed by atoms with Crippen molar-refractivity contribution < 1.29 is 14.2 Å². The first-order valence-electron chi connectivity index (χ1n) is 9.06. The molecule has 0 heterocycles. The number of ether oxygens (including phenoxy) is 3. The van der Waals surface area contributed by atoms with Crippen LogP contribution in [0.15, 0.2) is 36.4 Å². The van der Waals surface area contributed by atoms with Gasteiger partial charge in [0, 0.05) is 28.8 Å². The summed E-state index contributed by atoms with van der Waals surface area (Å²) in [4.78, 5) is 0. The Morgan fingerprint density at radius 1 is 1.04 bits per heavy atom. The fraction of sp³-hybridized carbons (Fsp3) is 0.429. The molecule has 148 valence electrons. The maximum Gasteiger partial charge on any atom is 0.161 e. The lowest BCUT2D eigenvalue weighted by molar-refractivity contribution is 0.0770. The van der Waals surface area contributed by atoms with Crippen molar-refractivity contribution in [3.63, 3.8) is 0 Å². The Balaban J connectivity index is 1.88. The average molecular weight is 412 g/mol. The summed E-state index contributed by atoms with van der Waals surface area (Å²) < 4.78 is 16.9. The molecular weight excluding hydrogens is 385 g/mol. The van der Waals surface area contributed by atoms with E-state index in [1.165, 1.54) is 0 Å². The molecule has 0 atom stereocenters. The number of rotatable bonds is 11. The SMILES string of the molecule is COc1cc(CNCCCOC(C)C)ccc1OCc1c(Cl)cccc1Cl. The van der Waals surface area contributed by atoms with Gasteiger partial charge in [0.2, 0.25) is 0 Å². The van der Waals surface area contributed by atoms with Gasteiger partial charge in [0.1, 0.15) is 6.61 Å². The predicted molar refractivity (Wildman–Crippen MR) is 111 cm³/mol. The van der Waals surface area contributed by atoms with E-state index in [2.05, 4.69) is 5.32 Å². The number of hydrogen-bond acceptors (Lipinski definition) is 4. The topological polar surface area (TPSA) is 39.7 Å². The molecule has 27 heavy (non-hydrogen) atoms. The van der Waals surface area contributed by atoms with E-state index in [4.69, 9.17) is 37.4 Å². The van der Waals surface area contributed by atoms with Gasteiger partial charge in [0.25, 0.3) is 0 Å². The highest BCUT2D eigenvalue weighted by atomic mass is 35.5. The number of nitrogens with one attached hydrogen (secondary N) is 1. The van der Waals surface area contributed by atoms with Gasteiger partial charge >= 0.3 is 0 Å². The second kappa shape index (κ2) is 11.4. The molecule has 0 amide bonds. The number of benzene rings is 2. The number of hydrogen-bond donors (Lipinski definition) is 1. The van der Waals surface area contributed by atoms with E-state index in [0.29, 0.717) is 21.5 Å². The van der Waals surface area contributed by atoms with E-state index in [9.17, 15) is 0 Å². The van der Waals surface area contributed by atoms with Crippen LogP contribution < -0.4 is 14.8 Å². The summed E-state index contributed by atoms with van der Waals surface area (Å²) in [5.74, 6) is 1.34. The van der Waals surface area contributed by atoms with Crippen molar-refractivity contribution in [2.75, 3.05) is 20.3 Å².